The van der Waals surface area contributed by atoms with Gasteiger partial charge in [-0.15, -0.1) is 12.4 Å². The van der Waals surface area contributed by atoms with Gasteiger partial charge in [-0.3, -0.25) is 10.2 Å². The fraction of sp³-hybridized carbons (Fsp3) is 0.273. The van der Waals surface area contributed by atoms with Gasteiger partial charge in [0, 0.05) is 8.95 Å². The van der Waals surface area contributed by atoms with Gasteiger partial charge in [0.15, 0.2) is 0 Å². The molecule has 4 N–H and O–H groups in total. The maximum Gasteiger partial charge on any atom is 0.352 e. The highest BCUT2D eigenvalue weighted by Crippen LogP contribution is 2.35. The van der Waals surface area contributed by atoms with Crippen LogP contribution in [0.25, 0.3) is 0 Å². The van der Waals surface area contributed by atoms with Gasteiger partial charge in [-0.1, -0.05) is 6.92 Å². The van der Waals surface area contributed by atoms with Crippen LogP contribution < -0.4 is 16.1 Å². The first-order chi connectivity index (χ1) is 8.92. The summed E-state index contributed by atoms with van der Waals surface area (Å²) in [6.07, 6.45) is 0.849. The topological polar surface area (TPSA) is 91.4 Å². The summed E-state index contributed by atoms with van der Waals surface area (Å²) in [6.45, 7) is 2.02. The van der Waals surface area contributed by atoms with Gasteiger partial charge in [-0.05, 0) is 56.0 Å². The lowest BCUT2D eigenvalue weighted by Crippen LogP contribution is -2.47. The second-order valence-corrected chi connectivity index (χ2v) is 5.30. The Balaban J connectivity index is 0.00000361. The maximum absolute atomic E-state index is 11.9. The van der Waals surface area contributed by atoms with Gasteiger partial charge in [-0.2, -0.15) is 0 Å². The molecule has 6 nitrogen and oxygen atoms in total. The van der Waals surface area contributed by atoms with Crippen molar-refractivity contribution >= 4 is 61.9 Å². The molecular formula is C11H15Br2ClN4O2. The molecule has 20 heavy (non-hydrogen) atoms. The number of aryl methyl sites for hydroxylation is 1. The zero-order chi connectivity index (χ0) is 14.6. The lowest BCUT2D eigenvalue weighted by molar-refractivity contribution is 0.112. The molecule has 0 heterocycles. The third kappa shape index (κ3) is 4.34. The van der Waals surface area contributed by atoms with Crippen molar-refractivity contribution in [2.24, 2.45) is 5.73 Å². The zero-order valence-electron chi connectivity index (χ0n) is 10.9. The van der Waals surface area contributed by atoms with Crippen LogP contribution in [0.3, 0.4) is 0 Å². The Hall–Kier alpha value is -0.830. The lowest BCUT2D eigenvalue weighted by atomic mass is 10.1. The van der Waals surface area contributed by atoms with Crippen molar-refractivity contribution in [3.8, 4) is 0 Å². The average molecular weight is 431 g/mol. The molecule has 1 aromatic carbocycles. The maximum atomic E-state index is 11.9. The Morgan fingerprint density at radius 1 is 1.45 bits per heavy atom. The molecule has 0 unspecified atom stereocenters. The van der Waals surface area contributed by atoms with E-state index in [0.717, 1.165) is 16.9 Å². The summed E-state index contributed by atoms with van der Waals surface area (Å²) < 4.78 is 1.31. The highest BCUT2D eigenvalue weighted by atomic mass is 79.9. The summed E-state index contributed by atoms with van der Waals surface area (Å²) in [4.78, 5) is 17.4. The number of nitrogens with two attached hydrogens (primary N) is 1. The Morgan fingerprint density at radius 3 is 2.30 bits per heavy atom. The molecule has 0 bridgehead atoms. The van der Waals surface area contributed by atoms with Crippen LogP contribution in [0.1, 0.15) is 12.5 Å². The normalized spacial score (nSPS) is 9.60. The number of nitrogens with one attached hydrogen (secondary N) is 2. The number of benzene rings is 1. The number of hydrogen-bond acceptors (Lipinski definition) is 3. The smallest absolute Gasteiger partial charge is 0.352 e. The van der Waals surface area contributed by atoms with Crippen molar-refractivity contribution in [1.82, 2.24) is 5.48 Å². The van der Waals surface area contributed by atoms with Crippen LogP contribution >= 0.6 is 44.3 Å². The summed E-state index contributed by atoms with van der Waals surface area (Å²) in [5.74, 6) is -0.416. The van der Waals surface area contributed by atoms with E-state index in [9.17, 15) is 4.79 Å². The minimum Gasteiger partial charge on any atom is -0.369 e. The molecule has 9 heteroatoms. The number of carbonyl (C=O) groups is 1. The molecule has 0 atom stereocenters. The minimum atomic E-state index is -0.652. The first kappa shape index (κ1) is 19.2. The van der Waals surface area contributed by atoms with E-state index in [-0.39, 0.29) is 12.4 Å². The van der Waals surface area contributed by atoms with E-state index in [1.165, 1.54) is 7.11 Å². The van der Waals surface area contributed by atoms with Gasteiger partial charge in [0.1, 0.15) is 0 Å². The number of amides is 2. The predicted octanol–water partition coefficient (Wildman–Crippen LogP) is 3.17. The van der Waals surface area contributed by atoms with Crippen LogP contribution in [0, 0.1) is 5.41 Å². The van der Waals surface area contributed by atoms with Crippen molar-refractivity contribution in [2.45, 2.75) is 13.3 Å². The number of hydroxylamine groups is 1. The summed E-state index contributed by atoms with van der Waals surface area (Å²) in [5.41, 5.74) is 9.12. The van der Waals surface area contributed by atoms with E-state index >= 15 is 0 Å². The van der Waals surface area contributed by atoms with Gasteiger partial charge in [0.25, 0.3) is 0 Å². The van der Waals surface area contributed by atoms with E-state index < -0.39 is 12.0 Å². The highest BCUT2D eigenvalue weighted by Gasteiger charge is 2.24. The number of carbonyl (C=O) groups excluding carboxylic acids is 1. The largest absolute Gasteiger partial charge is 0.369 e. The van der Waals surface area contributed by atoms with Gasteiger partial charge in [0.2, 0.25) is 5.96 Å². The van der Waals surface area contributed by atoms with E-state index in [2.05, 4.69) is 42.2 Å². The van der Waals surface area contributed by atoms with Crippen molar-refractivity contribution in [2.75, 3.05) is 12.0 Å². The quantitative estimate of drug-likeness (QED) is 0.391. The summed E-state index contributed by atoms with van der Waals surface area (Å²) in [5, 5.41) is 7.54. The zero-order valence-corrected chi connectivity index (χ0v) is 14.9. The summed E-state index contributed by atoms with van der Waals surface area (Å²) in [7, 11) is 1.31. The second-order valence-electron chi connectivity index (χ2n) is 3.59. The molecule has 0 aromatic heterocycles. The number of nitrogens with zero attached hydrogens (tertiary/aromatic N) is 1. The fourth-order valence-electron chi connectivity index (χ4n) is 1.50. The molecular weight excluding hydrogens is 415 g/mol. The molecule has 0 aliphatic carbocycles. The third-order valence-corrected chi connectivity index (χ3v) is 3.55. The van der Waals surface area contributed by atoms with Crippen LogP contribution in [0.2, 0.25) is 0 Å². The first-order valence-electron chi connectivity index (χ1n) is 5.37. The standard InChI is InChI=1S/C11H14Br2N4O2.ClH/c1-3-6-4-7(12)9(8(13)5-6)17(10(14)15)11(18)16-19-2;/h4-5H,3H2,1-2H3,(H3,14,15)(H,16,18);1H. The van der Waals surface area contributed by atoms with Gasteiger partial charge >= 0.3 is 6.03 Å². The Kier molecular flexibility index (Phi) is 8.10. The van der Waals surface area contributed by atoms with E-state index in [1.54, 1.807) is 0 Å². The van der Waals surface area contributed by atoms with Gasteiger partial charge in [-0.25, -0.2) is 15.2 Å². The predicted molar refractivity (Wildman–Crippen MR) is 88.4 cm³/mol. The highest BCUT2D eigenvalue weighted by molar-refractivity contribution is 9.11. The van der Waals surface area contributed by atoms with Crippen LogP contribution in [-0.4, -0.2) is 19.1 Å². The molecule has 0 spiro atoms. The van der Waals surface area contributed by atoms with Crippen molar-refractivity contribution < 1.29 is 9.63 Å². The van der Waals surface area contributed by atoms with Crippen LogP contribution in [0.4, 0.5) is 10.5 Å². The molecule has 0 radical (unpaired) electrons. The van der Waals surface area contributed by atoms with E-state index in [1.807, 2.05) is 19.1 Å². The van der Waals surface area contributed by atoms with Crippen molar-refractivity contribution in [1.29, 1.82) is 5.41 Å². The van der Waals surface area contributed by atoms with Gasteiger partial charge in [0.05, 0.1) is 12.8 Å². The Labute approximate surface area is 140 Å². The fourth-order valence-corrected chi connectivity index (χ4v) is 3.14. The molecule has 0 saturated carbocycles. The third-order valence-electron chi connectivity index (χ3n) is 2.34. The number of hydrogen-bond donors (Lipinski definition) is 3. The van der Waals surface area contributed by atoms with E-state index in [4.69, 9.17) is 11.1 Å². The molecule has 1 rings (SSSR count). The van der Waals surface area contributed by atoms with E-state index in [0.29, 0.717) is 14.6 Å². The number of rotatable bonds is 3. The Bertz CT molecular complexity index is 490. The molecule has 112 valence electrons. The Morgan fingerprint density at radius 2 is 1.95 bits per heavy atom. The van der Waals surface area contributed by atoms with Gasteiger partial charge < -0.3 is 5.73 Å². The summed E-state index contributed by atoms with van der Waals surface area (Å²) in [6, 6.07) is 3.09. The monoisotopic (exact) mass is 428 g/mol. The van der Waals surface area contributed by atoms with Crippen LogP contribution in [-0.2, 0) is 11.3 Å². The van der Waals surface area contributed by atoms with Crippen molar-refractivity contribution in [3.63, 3.8) is 0 Å². The number of halogens is 3. The van der Waals surface area contributed by atoms with Crippen LogP contribution in [0.15, 0.2) is 21.1 Å². The summed E-state index contributed by atoms with van der Waals surface area (Å²) >= 11 is 6.76. The number of anilines is 1. The molecule has 0 aliphatic rings. The molecule has 0 aliphatic heterocycles. The average Bonchev–Trinajstić information content (AvgIpc) is 2.32. The molecule has 2 amide bonds. The van der Waals surface area contributed by atoms with Crippen LogP contribution in [0.5, 0.6) is 0 Å². The number of urea groups is 1. The second kappa shape index (κ2) is 8.46. The molecule has 0 fully saturated rings. The van der Waals surface area contributed by atoms with Crippen molar-refractivity contribution in [3.05, 3.63) is 26.6 Å². The molecule has 0 saturated heterocycles. The SMILES string of the molecule is CCc1cc(Br)c(N(C(=N)N)C(=O)NOC)c(Br)c1.Cl. The molecule has 1 aromatic rings. The number of guanidine groups is 1. The first-order valence-corrected chi connectivity index (χ1v) is 6.96. The lowest BCUT2D eigenvalue weighted by Gasteiger charge is -2.23. The minimum absolute atomic E-state index is 0.